The molecular weight excluding hydrogens is 208 g/mol. The maximum absolute atomic E-state index is 4.31. The number of aryl methyl sites for hydroxylation is 2. The van der Waals surface area contributed by atoms with Crippen LogP contribution in [0.5, 0.6) is 0 Å². The molecule has 0 unspecified atom stereocenters. The summed E-state index contributed by atoms with van der Waals surface area (Å²) < 4.78 is 0. The number of nitrogens with zero attached hydrogens (tertiary/aromatic N) is 1. The average Bonchev–Trinajstić information content (AvgIpc) is 2.38. The monoisotopic (exact) mass is 226 g/mol. The van der Waals surface area contributed by atoms with Crippen LogP contribution < -0.4 is 5.32 Å². The zero-order valence-corrected chi connectivity index (χ0v) is 10.2. The van der Waals surface area contributed by atoms with Crippen molar-refractivity contribution in [1.29, 1.82) is 0 Å². The van der Waals surface area contributed by atoms with Gasteiger partial charge in [0.15, 0.2) is 0 Å². The third kappa shape index (κ3) is 3.59. The Hall–Kier alpha value is -1.83. The number of rotatable bonds is 5. The van der Waals surface area contributed by atoms with Gasteiger partial charge in [0.05, 0.1) is 0 Å². The van der Waals surface area contributed by atoms with E-state index in [0.29, 0.717) is 0 Å². The van der Waals surface area contributed by atoms with Crippen LogP contribution in [-0.2, 0) is 6.42 Å². The standard InChI is InChI=1S/C15H18N2/c1-13-7-2-3-10-15(13)17-12-6-9-14-8-4-5-11-16-14/h2-5,7-8,10-11,17H,6,9,12H2,1H3. The number of hydrogen-bond donors (Lipinski definition) is 1. The SMILES string of the molecule is Cc1ccccc1NCCCc1ccccn1. The number of benzene rings is 1. The first-order valence-electron chi connectivity index (χ1n) is 6.05. The number of anilines is 1. The summed E-state index contributed by atoms with van der Waals surface area (Å²) in [6.07, 6.45) is 3.98. The first-order chi connectivity index (χ1) is 8.36. The molecule has 0 amide bonds. The maximum atomic E-state index is 4.31. The molecule has 0 aliphatic heterocycles. The van der Waals surface area contributed by atoms with E-state index in [9.17, 15) is 0 Å². The molecule has 88 valence electrons. The van der Waals surface area contributed by atoms with Crippen LogP contribution in [0.4, 0.5) is 5.69 Å². The first-order valence-corrected chi connectivity index (χ1v) is 6.05. The number of aromatic nitrogens is 1. The van der Waals surface area contributed by atoms with E-state index in [-0.39, 0.29) is 0 Å². The quantitative estimate of drug-likeness (QED) is 0.790. The molecule has 0 saturated heterocycles. The second-order valence-corrected chi connectivity index (χ2v) is 4.17. The van der Waals surface area contributed by atoms with Crippen molar-refractivity contribution < 1.29 is 0 Å². The molecule has 0 aliphatic rings. The van der Waals surface area contributed by atoms with Gasteiger partial charge in [0, 0.05) is 24.1 Å². The van der Waals surface area contributed by atoms with Gasteiger partial charge >= 0.3 is 0 Å². The summed E-state index contributed by atoms with van der Waals surface area (Å²) >= 11 is 0. The summed E-state index contributed by atoms with van der Waals surface area (Å²) in [5.41, 5.74) is 3.69. The number of pyridine rings is 1. The lowest BCUT2D eigenvalue weighted by molar-refractivity contribution is 0.835. The second kappa shape index (κ2) is 6.04. The van der Waals surface area contributed by atoms with E-state index in [0.717, 1.165) is 19.4 Å². The molecule has 2 heteroatoms. The predicted octanol–water partition coefficient (Wildman–Crippen LogP) is 3.43. The van der Waals surface area contributed by atoms with Gasteiger partial charge in [-0.1, -0.05) is 24.3 Å². The average molecular weight is 226 g/mol. The van der Waals surface area contributed by atoms with Crippen LogP contribution in [0.3, 0.4) is 0 Å². The molecule has 0 aliphatic carbocycles. The van der Waals surface area contributed by atoms with E-state index >= 15 is 0 Å². The third-order valence-corrected chi connectivity index (χ3v) is 2.80. The molecule has 2 nitrogen and oxygen atoms in total. The van der Waals surface area contributed by atoms with Gasteiger partial charge in [-0.25, -0.2) is 0 Å². The Morgan fingerprint density at radius 1 is 1.06 bits per heavy atom. The molecule has 0 atom stereocenters. The molecule has 17 heavy (non-hydrogen) atoms. The van der Waals surface area contributed by atoms with Gasteiger partial charge in [-0.3, -0.25) is 4.98 Å². The molecule has 0 bridgehead atoms. The van der Waals surface area contributed by atoms with Crippen molar-refractivity contribution in [2.24, 2.45) is 0 Å². The van der Waals surface area contributed by atoms with E-state index in [1.807, 2.05) is 18.3 Å². The van der Waals surface area contributed by atoms with Crippen molar-refractivity contribution in [2.75, 3.05) is 11.9 Å². The van der Waals surface area contributed by atoms with Crippen LogP contribution in [0.25, 0.3) is 0 Å². The minimum absolute atomic E-state index is 0.988. The van der Waals surface area contributed by atoms with Crippen molar-refractivity contribution in [3.63, 3.8) is 0 Å². The fourth-order valence-electron chi connectivity index (χ4n) is 1.81. The van der Waals surface area contributed by atoms with Gasteiger partial charge in [0.25, 0.3) is 0 Å². The van der Waals surface area contributed by atoms with Crippen LogP contribution in [0, 0.1) is 6.92 Å². The Morgan fingerprint density at radius 3 is 2.65 bits per heavy atom. The predicted molar refractivity (Wildman–Crippen MR) is 72.2 cm³/mol. The second-order valence-electron chi connectivity index (χ2n) is 4.17. The summed E-state index contributed by atoms with van der Waals surface area (Å²) in [5.74, 6) is 0. The largest absolute Gasteiger partial charge is 0.385 e. The maximum Gasteiger partial charge on any atom is 0.0404 e. The summed E-state index contributed by atoms with van der Waals surface area (Å²) in [7, 11) is 0. The van der Waals surface area contributed by atoms with E-state index in [1.165, 1.54) is 16.9 Å². The molecule has 0 radical (unpaired) electrons. The summed E-state index contributed by atoms with van der Waals surface area (Å²) in [6, 6.07) is 14.4. The molecule has 1 aromatic heterocycles. The lowest BCUT2D eigenvalue weighted by Gasteiger charge is -2.08. The van der Waals surface area contributed by atoms with Crippen molar-refractivity contribution in [3.8, 4) is 0 Å². The Morgan fingerprint density at radius 2 is 1.88 bits per heavy atom. The minimum atomic E-state index is 0.988. The number of hydrogen-bond acceptors (Lipinski definition) is 2. The normalized spacial score (nSPS) is 10.2. The fraction of sp³-hybridized carbons (Fsp3) is 0.267. The van der Waals surface area contributed by atoms with E-state index < -0.39 is 0 Å². The molecule has 0 saturated carbocycles. The van der Waals surface area contributed by atoms with Crippen molar-refractivity contribution >= 4 is 5.69 Å². The topological polar surface area (TPSA) is 24.9 Å². The third-order valence-electron chi connectivity index (χ3n) is 2.80. The van der Waals surface area contributed by atoms with Gasteiger partial charge in [-0.05, 0) is 43.5 Å². The van der Waals surface area contributed by atoms with Crippen LogP contribution in [-0.4, -0.2) is 11.5 Å². The molecule has 1 N–H and O–H groups in total. The Kier molecular flexibility index (Phi) is 4.14. The fourth-order valence-corrected chi connectivity index (χ4v) is 1.81. The Bertz CT molecular complexity index is 451. The first kappa shape index (κ1) is 11.6. The molecular formula is C15H18N2. The van der Waals surface area contributed by atoms with Gasteiger partial charge in [0.1, 0.15) is 0 Å². The molecule has 1 heterocycles. The highest BCUT2D eigenvalue weighted by atomic mass is 14.9. The minimum Gasteiger partial charge on any atom is -0.385 e. The van der Waals surface area contributed by atoms with Crippen LogP contribution in [0.1, 0.15) is 17.7 Å². The van der Waals surface area contributed by atoms with E-state index in [2.05, 4.69) is 47.6 Å². The highest BCUT2D eigenvalue weighted by Crippen LogP contribution is 2.12. The molecule has 2 rings (SSSR count). The summed E-state index contributed by atoms with van der Waals surface area (Å²) in [4.78, 5) is 4.31. The molecule has 2 aromatic rings. The lowest BCUT2D eigenvalue weighted by Crippen LogP contribution is -2.04. The highest BCUT2D eigenvalue weighted by Gasteiger charge is 1.96. The molecule has 0 spiro atoms. The number of para-hydroxylation sites is 1. The van der Waals surface area contributed by atoms with Gasteiger partial charge in [-0.2, -0.15) is 0 Å². The Labute approximate surface area is 103 Å². The zero-order chi connectivity index (χ0) is 11.9. The van der Waals surface area contributed by atoms with Crippen molar-refractivity contribution in [2.45, 2.75) is 19.8 Å². The van der Waals surface area contributed by atoms with E-state index in [4.69, 9.17) is 0 Å². The molecule has 1 aromatic carbocycles. The highest BCUT2D eigenvalue weighted by molar-refractivity contribution is 5.50. The van der Waals surface area contributed by atoms with Crippen molar-refractivity contribution in [3.05, 3.63) is 59.9 Å². The summed E-state index contributed by atoms with van der Waals surface area (Å²) in [5, 5.41) is 3.46. The van der Waals surface area contributed by atoms with Crippen LogP contribution >= 0.6 is 0 Å². The van der Waals surface area contributed by atoms with Crippen LogP contribution in [0.15, 0.2) is 48.7 Å². The Balaban J connectivity index is 1.76. The van der Waals surface area contributed by atoms with Gasteiger partial charge in [0.2, 0.25) is 0 Å². The summed E-state index contributed by atoms with van der Waals surface area (Å²) in [6.45, 7) is 3.11. The smallest absolute Gasteiger partial charge is 0.0404 e. The number of nitrogens with one attached hydrogen (secondary N) is 1. The molecule has 0 fully saturated rings. The lowest BCUT2D eigenvalue weighted by atomic mass is 10.2. The van der Waals surface area contributed by atoms with E-state index in [1.54, 1.807) is 0 Å². The van der Waals surface area contributed by atoms with Gasteiger partial charge in [-0.15, -0.1) is 0 Å². The van der Waals surface area contributed by atoms with Gasteiger partial charge < -0.3 is 5.32 Å². The van der Waals surface area contributed by atoms with Crippen molar-refractivity contribution in [1.82, 2.24) is 4.98 Å². The van der Waals surface area contributed by atoms with Crippen LogP contribution in [0.2, 0.25) is 0 Å². The zero-order valence-electron chi connectivity index (χ0n) is 10.2.